The van der Waals surface area contributed by atoms with Crippen molar-refractivity contribution in [2.75, 3.05) is 0 Å². The Labute approximate surface area is 358 Å². The van der Waals surface area contributed by atoms with Crippen LogP contribution in [0.1, 0.15) is 88.6 Å². The largest absolute Gasteiger partial charge is 0.402 e. The summed E-state index contributed by atoms with van der Waals surface area (Å²) in [5.41, 5.74) is 26.5. The first kappa shape index (κ1) is 39.7. The molecular formula is C55H52N4O2. The molecular weight excluding hydrogens is 749 g/mol. The molecule has 0 radical (unpaired) electrons. The fraction of sp³-hybridized carbons (Fsp3) is 0.218. The van der Waals surface area contributed by atoms with Crippen LogP contribution in [-0.4, -0.2) is 25.9 Å². The van der Waals surface area contributed by atoms with E-state index in [-0.39, 0.29) is 11.6 Å². The number of hydrogen-bond acceptors (Lipinski definition) is 4. The van der Waals surface area contributed by atoms with Crippen molar-refractivity contribution in [3.8, 4) is 50.4 Å². The minimum absolute atomic E-state index is 0.258. The zero-order valence-electron chi connectivity index (χ0n) is 37.3. The van der Waals surface area contributed by atoms with E-state index < -0.39 is 5.97 Å². The highest BCUT2D eigenvalue weighted by Crippen LogP contribution is 2.44. The molecule has 0 amide bonds. The van der Waals surface area contributed by atoms with Crippen LogP contribution in [0.4, 0.5) is 0 Å². The highest BCUT2D eigenvalue weighted by atomic mass is 16.5. The first-order valence-electron chi connectivity index (χ1n) is 21.1. The van der Waals surface area contributed by atoms with Crippen LogP contribution in [0.2, 0.25) is 0 Å². The van der Waals surface area contributed by atoms with Crippen molar-refractivity contribution in [3.05, 3.63) is 157 Å². The van der Waals surface area contributed by atoms with Gasteiger partial charge in [-0.05, 0) is 186 Å². The molecule has 6 heteroatoms. The van der Waals surface area contributed by atoms with Gasteiger partial charge in [-0.15, -0.1) is 0 Å². The summed E-state index contributed by atoms with van der Waals surface area (Å²) in [4.78, 5) is 33.2. The lowest BCUT2D eigenvalue weighted by atomic mass is 9.92. The monoisotopic (exact) mass is 800 g/mol. The number of aromatic nitrogens is 4. The minimum Gasteiger partial charge on any atom is -0.402 e. The molecule has 0 fully saturated rings. The van der Waals surface area contributed by atoms with Gasteiger partial charge in [-0.3, -0.25) is 0 Å². The number of fused-ring (bicyclic) bond motifs is 8. The van der Waals surface area contributed by atoms with Gasteiger partial charge in [0.2, 0.25) is 5.88 Å². The van der Waals surface area contributed by atoms with Gasteiger partial charge in [-0.2, -0.15) is 0 Å². The number of benzene rings is 4. The van der Waals surface area contributed by atoms with E-state index in [2.05, 4.69) is 178 Å². The molecule has 0 unspecified atom stereocenters. The summed E-state index contributed by atoms with van der Waals surface area (Å²) < 4.78 is 6.40. The van der Waals surface area contributed by atoms with Gasteiger partial charge in [-0.25, -0.2) is 14.8 Å². The minimum atomic E-state index is -0.494. The highest BCUT2D eigenvalue weighted by Gasteiger charge is 2.30. The Bertz CT molecular complexity index is 3170. The van der Waals surface area contributed by atoms with Crippen molar-refractivity contribution in [1.82, 2.24) is 19.9 Å². The Morgan fingerprint density at radius 2 is 0.672 bits per heavy atom. The van der Waals surface area contributed by atoms with Crippen LogP contribution in [-0.2, 0) is 0 Å². The quantitative estimate of drug-likeness (QED) is 0.174. The van der Waals surface area contributed by atoms with E-state index in [4.69, 9.17) is 14.7 Å². The number of nitrogens with one attached hydrogen (secondary N) is 2. The molecule has 61 heavy (non-hydrogen) atoms. The van der Waals surface area contributed by atoms with Crippen molar-refractivity contribution in [3.63, 3.8) is 0 Å². The maximum atomic E-state index is 14.6. The summed E-state index contributed by atoms with van der Waals surface area (Å²) in [6, 6.07) is 26.0. The molecule has 0 spiro atoms. The molecule has 4 aromatic carbocycles. The molecule has 0 aliphatic carbocycles. The van der Waals surface area contributed by atoms with Crippen LogP contribution < -0.4 is 4.74 Å². The topological polar surface area (TPSA) is 83.7 Å². The summed E-state index contributed by atoms with van der Waals surface area (Å²) in [7, 11) is 0. The van der Waals surface area contributed by atoms with Crippen molar-refractivity contribution in [2.24, 2.45) is 0 Å². The third kappa shape index (κ3) is 6.71. The van der Waals surface area contributed by atoms with E-state index in [1.165, 1.54) is 22.3 Å². The average Bonchev–Trinajstić information content (AvgIpc) is 3.99. The van der Waals surface area contributed by atoms with Crippen LogP contribution in [0.3, 0.4) is 0 Å². The van der Waals surface area contributed by atoms with Gasteiger partial charge in [0.15, 0.2) is 5.69 Å². The second-order valence-electron chi connectivity index (χ2n) is 17.5. The number of esters is 1. The zero-order chi connectivity index (χ0) is 43.2. The predicted octanol–water partition coefficient (Wildman–Crippen LogP) is 14.1. The van der Waals surface area contributed by atoms with Gasteiger partial charge in [0.25, 0.3) is 0 Å². The fourth-order valence-corrected chi connectivity index (χ4v) is 10.4. The van der Waals surface area contributed by atoms with E-state index >= 15 is 0 Å². The number of carbonyl (C=O) groups excluding carboxylic acids is 1. The molecule has 7 aromatic rings. The Morgan fingerprint density at radius 1 is 0.377 bits per heavy atom. The molecule has 2 aliphatic rings. The molecule has 0 saturated carbocycles. The lowest BCUT2D eigenvalue weighted by Gasteiger charge is -2.14. The second kappa shape index (κ2) is 14.7. The third-order valence-corrected chi connectivity index (χ3v) is 12.4. The predicted molar refractivity (Wildman–Crippen MR) is 253 cm³/mol. The van der Waals surface area contributed by atoms with Gasteiger partial charge in [0.05, 0.1) is 22.5 Å². The Morgan fingerprint density at radius 3 is 1.03 bits per heavy atom. The summed E-state index contributed by atoms with van der Waals surface area (Å²) in [5.74, 6) is -0.232. The van der Waals surface area contributed by atoms with Crippen LogP contribution >= 0.6 is 0 Å². The molecule has 5 heterocycles. The molecule has 2 N–H and O–H groups in total. The van der Waals surface area contributed by atoms with Crippen LogP contribution in [0, 0.1) is 83.1 Å². The van der Waals surface area contributed by atoms with Gasteiger partial charge >= 0.3 is 5.97 Å². The van der Waals surface area contributed by atoms with Gasteiger partial charge in [0, 0.05) is 33.2 Å². The first-order chi connectivity index (χ1) is 29.1. The summed E-state index contributed by atoms with van der Waals surface area (Å²) >= 11 is 0. The number of hydrogen-bond donors (Lipinski definition) is 2. The van der Waals surface area contributed by atoms with Crippen molar-refractivity contribution < 1.29 is 9.53 Å². The molecule has 6 nitrogen and oxygen atoms in total. The Balaban J connectivity index is 1.56. The van der Waals surface area contributed by atoms with Crippen LogP contribution in [0.15, 0.2) is 72.8 Å². The Hall–Kier alpha value is -6.79. The smallest absolute Gasteiger partial charge is 0.364 e. The standard InChI is InChI=1S/C55H52N4O2/c1-27-19-31(5)45(32(6)20-27)49-39-13-14-40(56-39)50(46-33(7)21-28(2)22-34(46)8)42-16-18-44(58-42)52(48-37(11)25-30(4)26-38(48)12)54-59-53(55(60)61-54)51(43-17-15-41(49)57-43)47-35(9)23-29(3)24-36(47)10/h13-26,57-58H,1-12H3. The van der Waals surface area contributed by atoms with Crippen LogP contribution in [0.5, 0.6) is 5.88 Å². The fourth-order valence-electron chi connectivity index (χ4n) is 10.4. The molecule has 0 saturated heterocycles. The van der Waals surface area contributed by atoms with Crippen molar-refractivity contribution in [2.45, 2.75) is 83.1 Å². The molecule has 8 bridgehead atoms. The first-order valence-corrected chi connectivity index (χ1v) is 21.1. The van der Waals surface area contributed by atoms with Crippen molar-refractivity contribution >= 4 is 40.2 Å². The van der Waals surface area contributed by atoms with Crippen LogP contribution in [0.25, 0.3) is 78.7 Å². The number of aryl methyl sites for hydroxylation is 12. The highest BCUT2D eigenvalue weighted by molar-refractivity contribution is 6.06. The number of H-pyrrole nitrogens is 2. The number of rotatable bonds is 4. The van der Waals surface area contributed by atoms with Gasteiger partial charge in [-0.1, -0.05) is 70.8 Å². The van der Waals surface area contributed by atoms with Gasteiger partial charge in [0.1, 0.15) is 0 Å². The van der Waals surface area contributed by atoms with E-state index in [0.717, 1.165) is 117 Å². The lowest BCUT2D eigenvalue weighted by molar-refractivity contribution is 0.0755. The van der Waals surface area contributed by atoms with E-state index in [9.17, 15) is 4.79 Å². The molecule has 2 aliphatic heterocycles. The summed E-state index contributed by atoms with van der Waals surface area (Å²) in [5, 5.41) is 0. The number of carbonyl (C=O) groups is 1. The van der Waals surface area contributed by atoms with E-state index in [1.807, 2.05) is 0 Å². The zero-order valence-corrected chi connectivity index (χ0v) is 37.3. The number of ether oxygens (including phenoxy) is 1. The second-order valence-corrected chi connectivity index (χ2v) is 17.5. The number of nitrogens with zero attached hydrogens (tertiary/aromatic N) is 2. The molecule has 9 rings (SSSR count). The molecule has 304 valence electrons. The maximum absolute atomic E-state index is 14.6. The summed E-state index contributed by atoms with van der Waals surface area (Å²) in [6.07, 6.45) is 4.31. The number of aromatic amines is 2. The third-order valence-electron chi connectivity index (χ3n) is 12.4. The van der Waals surface area contributed by atoms with E-state index in [0.29, 0.717) is 5.56 Å². The van der Waals surface area contributed by atoms with Gasteiger partial charge < -0.3 is 14.7 Å². The van der Waals surface area contributed by atoms with E-state index in [1.54, 1.807) is 0 Å². The summed E-state index contributed by atoms with van der Waals surface area (Å²) in [6.45, 7) is 25.6. The normalized spacial score (nSPS) is 12.4. The SMILES string of the molecule is Cc1cc(C)c(-c2c3nc(c(-c4c(C)cc(C)cc4C)c4ccc([nH]4)c(-c4c(C)cc(C)cc4C)c4nc(c(-c5c(C)cc(C)cc5C)c5ccc2[nH]5)OC4=O)C=C3)c(C)c1. The lowest BCUT2D eigenvalue weighted by Crippen LogP contribution is -2.05. The Kier molecular flexibility index (Phi) is 9.58. The molecule has 0 atom stereocenters. The average molecular weight is 801 g/mol. The maximum Gasteiger partial charge on any atom is 0.364 e. The molecule has 3 aromatic heterocycles. The van der Waals surface area contributed by atoms with Crippen molar-refractivity contribution in [1.29, 1.82) is 0 Å².